The fourth-order valence-electron chi connectivity index (χ4n) is 1.40. The van der Waals surface area contributed by atoms with Crippen molar-refractivity contribution < 1.29 is 9.26 Å². The molecule has 1 fully saturated rings. The SMILES string of the molecule is CC(C)NCc1nc(C2CSCCO2)no1. The quantitative estimate of drug-likeness (QED) is 0.862. The third-order valence-electron chi connectivity index (χ3n) is 2.25. The van der Waals surface area contributed by atoms with E-state index in [4.69, 9.17) is 9.26 Å². The zero-order valence-corrected chi connectivity index (χ0v) is 10.4. The van der Waals surface area contributed by atoms with Gasteiger partial charge in [-0.2, -0.15) is 16.7 Å². The normalized spacial score (nSPS) is 21.6. The molecule has 5 nitrogen and oxygen atoms in total. The molecule has 90 valence electrons. The summed E-state index contributed by atoms with van der Waals surface area (Å²) in [5, 5.41) is 7.19. The van der Waals surface area contributed by atoms with Gasteiger partial charge in [-0.05, 0) is 0 Å². The molecule has 1 aromatic rings. The molecule has 0 aromatic carbocycles. The monoisotopic (exact) mass is 243 g/mol. The first-order chi connectivity index (χ1) is 7.75. The van der Waals surface area contributed by atoms with Crippen molar-refractivity contribution in [2.45, 2.75) is 32.5 Å². The molecule has 6 heteroatoms. The van der Waals surface area contributed by atoms with Crippen molar-refractivity contribution in [2.24, 2.45) is 0 Å². The van der Waals surface area contributed by atoms with E-state index in [9.17, 15) is 0 Å². The third-order valence-corrected chi connectivity index (χ3v) is 3.24. The lowest BCUT2D eigenvalue weighted by atomic mass is 10.4. The minimum absolute atomic E-state index is 0.00435. The lowest BCUT2D eigenvalue weighted by Crippen LogP contribution is -2.22. The largest absolute Gasteiger partial charge is 0.368 e. The Labute approximate surface area is 99.3 Å². The van der Waals surface area contributed by atoms with E-state index in [1.165, 1.54) is 0 Å². The fourth-order valence-corrected chi connectivity index (χ4v) is 2.24. The smallest absolute Gasteiger partial charge is 0.240 e. The van der Waals surface area contributed by atoms with Crippen molar-refractivity contribution in [1.29, 1.82) is 0 Å². The van der Waals surface area contributed by atoms with Crippen LogP contribution in [0, 0.1) is 0 Å². The number of thioether (sulfide) groups is 1. The molecular weight excluding hydrogens is 226 g/mol. The minimum Gasteiger partial charge on any atom is -0.368 e. The first-order valence-electron chi connectivity index (χ1n) is 5.51. The van der Waals surface area contributed by atoms with Gasteiger partial charge in [-0.15, -0.1) is 0 Å². The number of hydrogen-bond acceptors (Lipinski definition) is 6. The first kappa shape index (κ1) is 11.9. The molecule has 0 radical (unpaired) electrons. The molecule has 2 heterocycles. The topological polar surface area (TPSA) is 60.2 Å². The highest BCUT2D eigenvalue weighted by molar-refractivity contribution is 7.99. The van der Waals surface area contributed by atoms with Crippen LogP contribution in [-0.2, 0) is 11.3 Å². The van der Waals surface area contributed by atoms with Crippen LogP contribution in [-0.4, -0.2) is 34.3 Å². The van der Waals surface area contributed by atoms with E-state index in [-0.39, 0.29) is 6.10 Å². The molecule has 2 rings (SSSR count). The molecule has 1 unspecified atom stereocenters. The average molecular weight is 243 g/mol. The van der Waals surface area contributed by atoms with Gasteiger partial charge in [-0.1, -0.05) is 19.0 Å². The summed E-state index contributed by atoms with van der Waals surface area (Å²) < 4.78 is 10.7. The van der Waals surface area contributed by atoms with Gasteiger partial charge in [0.05, 0.1) is 13.2 Å². The average Bonchev–Trinajstić information content (AvgIpc) is 2.76. The predicted molar refractivity (Wildman–Crippen MR) is 62.3 cm³/mol. The second kappa shape index (κ2) is 5.65. The zero-order valence-electron chi connectivity index (χ0n) is 9.60. The highest BCUT2D eigenvalue weighted by atomic mass is 32.2. The fraction of sp³-hybridized carbons (Fsp3) is 0.800. The van der Waals surface area contributed by atoms with Crippen molar-refractivity contribution in [3.8, 4) is 0 Å². The number of nitrogens with one attached hydrogen (secondary N) is 1. The maximum absolute atomic E-state index is 5.58. The summed E-state index contributed by atoms with van der Waals surface area (Å²) in [4.78, 5) is 4.33. The van der Waals surface area contributed by atoms with Crippen LogP contribution in [0.5, 0.6) is 0 Å². The van der Waals surface area contributed by atoms with E-state index in [1.54, 1.807) is 0 Å². The Morgan fingerprint density at radius 2 is 2.44 bits per heavy atom. The van der Waals surface area contributed by atoms with Gasteiger partial charge < -0.3 is 14.6 Å². The summed E-state index contributed by atoms with van der Waals surface area (Å²) in [5.41, 5.74) is 0. The van der Waals surface area contributed by atoms with Gasteiger partial charge in [0.2, 0.25) is 11.7 Å². The van der Waals surface area contributed by atoms with Gasteiger partial charge in [-0.3, -0.25) is 0 Å². The van der Waals surface area contributed by atoms with Crippen molar-refractivity contribution in [2.75, 3.05) is 18.1 Å². The summed E-state index contributed by atoms with van der Waals surface area (Å²) in [6.07, 6.45) is -0.00435. The molecule has 1 aliphatic heterocycles. The highest BCUT2D eigenvalue weighted by Gasteiger charge is 2.21. The Morgan fingerprint density at radius 1 is 1.56 bits per heavy atom. The van der Waals surface area contributed by atoms with Crippen LogP contribution in [0.1, 0.15) is 31.7 Å². The van der Waals surface area contributed by atoms with Crippen molar-refractivity contribution in [1.82, 2.24) is 15.5 Å². The molecule has 0 amide bonds. The number of aromatic nitrogens is 2. The molecule has 1 aliphatic rings. The number of rotatable bonds is 4. The van der Waals surface area contributed by atoms with Crippen LogP contribution in [0.4, 0.5) is 0 Å². The Kier molecular flexibility index (Phi) is 4.20. The minimum atomic E-state index is -0.00435. The maximum atomic E-state index is 5.58. The predicted octanol–water partition coefficient (Wildman–Crippen LogP) is 1.37. The zero-order chi connectivity index (χ0) is 11.4. The summed E-state index contributed by atoms with van der Waals surface area (Å²) in [6.45, 7) is 5.55. The molecule has 0 aliphatic carbocycles. The van der Waals surface area contributed by atoms with E-state index in [0.717, 1.165) is 18.1 Å². The van der Waals surface area contributed by atoms with Gasteiger partial charge in [0.1, 0.15) is 6.10 Å². The van der Waals surface area contributed by atoms with Crippen molar-refractivity contribution in [3.63, 3.8) is 0 Å². The van der Waals surface area contributed by atoms with Gasteiger partial charge in [0.25, 0.3) is 0 Å². The van der Waals surface area contributed by atoms with E-state index in [2.05, 4.69) is 29.3 Å². The van der Waals surface area contributed by atoms with Gasteiger partial charge in [-0.25, -0.2) is 0 Å². The van der Waals surface area contributed by atoms with Crippen molar-refractivity contribution >= 4 is 11.8 Å². The number of nitrogens with zero attached hydrogens (tertiary/aromatic N) is 2. The molecule has 1 aromatic heterocycles. The van der Waals surface area contributed by atoms with Crippen LogP contribution in [0.2, 0.25) is 0 Å². The second-order valence-electron chi connectivity index (χ2n) is 4.02. The van der Waals surface area contributed by atoms with Gasteiger partial charge >= 0.3 is 0 Å². The van der Waals surface area contributed by atoms with Crippen LogP contribution in [0.3, 0.4) is 0 Å². The van der Waals surface area contributed by atoms with E-state index >= 15 is 0 Å². The summed E-state index contributed by atoms with van der Waals surface area (Å²) in [7, 11) is 0. The maximum Gasteiger partial charge on any atom is 0.240 e. The Morgan fingerprint density at radius 3 is 3.12 bits per heavy atom. The van der Waals surface area contributed by atoms with E-state index < -0.39 is 0 Å². The second-order valence-corrected chi connectivity index (χ2v) is 5.17. The summed E-state index contributed by atoms with van der Waals surface area (Å²) >= 11 is 1.86. The van der Waals surface area contributed by atoms with Crippen LogP contribution >= 0.6 is 11.8 Å². The van der Waals surface area contributed by atoms with Crippen LogP contribution < -0.4 is 5.32 Å². The summed E-state index contributed by atoms with van der Waals surface area (Å²) in [6, 6.07) is 0.414. The van der Waals surface area contributed by atoms with Crippen molar-refractivity contribution in [3.05, 3.63) is 11.7 Å². The first-order valence-corrected chi connectivity index (χ1v) is 6.66. The third kappa shape index (κ3) is 3.20. The standard InChI is InChI=1S/C10H17N3O2S/c1-7(2)11-5-9-12-10(13-15-9)8-6-16-4-3-14-8/h7-8,11H,3-6H2,1-2H3. The highest BCUT2D eigenvalue weighted by Crippen LogP contribution is 2.24. The summed E-state index contributed by atoms with van der Waals surface area (Å²) in [5.74, 6) is 3.27. The Bertz CT molecular complexity index is 324. The lowest BCUT2D eigenvalue weighted by Gasteiger charge is -2.18. The van der Waals surface area contributed by atoms with Gasteiger partial charge in [0, 0.05) is 17.5 Å². The molecule has 0 saturated carbocycles. The molecule has 0 bridgehead atoms. The molecule has 1 N–H and O–H groups in total. The van der Waals surface area contributed by atoms with E-state index in [0.29, 0.717) is 24.3 Å². The Balaban J connectivity index is 1.90. The molecule has 1 atom stereocenters. The lowest BCUT2D eigenvalue weighted by molar-refractivity contribution is 0.0677. The molecular formula is C10H17N3O2S. The molecule has 16 heavy (non-hydrogen) atoms. The van der Waals surface area contributed by atoms with Crippen LogP contribution in [0.15, 0.2) is 4.52 Å². The molecule has 0 spiro atoms. The van der Waals surface area contributed by atoms with E-state index in [1.807, 2.05) is 11.8 Å². The number of ether oxygens (including phenoxy) is 1. The number of hydrogen-bond donors (Lipinski definition) is 1. The Hall–Kier alpha value is -0.590. The molecule has 1 saturated heterocycles. The van der Waals surface area contributed by atoms with Crippen LogP contribution in [0.25, 0.3) is 0 Å². The van der Waals surface area contributed by atoms with Gasteiger partial charge in [0.15, 0.2) is 0 Å².